The molecule has 104 valence electrons. The number of nitrogens with one attached hydrogen (secondary N) is 2. The lowest BCUT2D eigenvalue weighted by molar-refractivity contribution is -0.123. The molecule has 1 heterocycles. The molecule has 1 amide bonds. The van der Waals surface area contributed by atoms with Crippen molar-refractivity contribution in [3.05, 3.63) is 23.8 Å². The molecule has 1 aliphatic rings. The molecule has 4 nitrogen and oxygen atoms in total. The normalized spacial score (nSPS) is 22.3. The third kappa shape index (κ3) is 2.89. The molecule has 2 rings (SSSR count). The van der Waals surface area contributed by atoms with Crippen LogP contribution in [0.15, 0.2) is 18.2 Å². The van der Waals surface area contributed by atoms with E-state index in [0.717, 1.165) is 30.9 Å². The highest BCUT2D eigenvalue weighted by atomic mass is 16.2. The zero-order valence-corrected chi connectivity index (χ0v) is 12.2. The van der Waals surface area contributed by atoms with Crippen molar-refractivity contribution in [2.24, 2.45) is 5.41 Å². The molecule has 1 aromatic rings. The summed E-state index contributed by atoms with van der Waals surface area (Å²) < 4.78 is 0. The van der Waals surface area contributed by atoms with E-state index in [1.807, 2.05) is 39.2 Å². The molecule has 0 aromatic heterocycles. The van der Waals surface area contributed by atoms with Crippen LogP contribution in [0.4, 0.5) is 11.4 Å². The van der Waals surface area contributed by atoms with Crippen molar-refractivity contribution >= 4 is 17.3 Å². The summed E-state index contributed by atoms with van der Waals surface area (Å²) >= 11 is 0. The second kappa shape index (κ2) is 5.21. The minimum atomic E-state index is -0.289. The van der Waals surface area contributed by atoms with Crippen LogP contribution in [0.25, 0.3) is 0 Å². The summed E-state index contributed by atoms with van der Waals surface area (Å²) in [6.45, 7) is 5.76. The fourth-order valence-corrected chi connectivity index (χ4v) is 2.46. The first-order valence-corrected chi connectivity index (χ1v) is 6.72. The molecule has 19 heavy (non-hydrogen) atoms. The van der Waals surface area contributed by atoms with Gasteiger partial charge in [0.1, 0.15) is 0 Å². The number of amides is 1. The number of carbonyl (C=O) groups excluding carboxylic acids is 1. The van der Waals surface area contributed by atoms with E-state index in [0.29, 0.717) is 0 Å². The first kappa shape index (κ1) is 13.9. The van der Waals surface area contributed by atoms with Crippen LogP contribution in [-0.4, -0.2) is 33.1 Å². The van der Waals surface area contributed by atoms with Crippen molar-refractivity contribution in [1.82, 2.24) is 5.32 Å². The highest BCUT2D eigenvalue weighted by Crippen LogP contribution is 2.28. The van der Waals surface area contributed by atoms with Gasteiger partial charge in [-0.3, -0.25) is 4.79 Å². The Hall–Kier alpha value is -1.55. The van der Waals surface area contributed by atoms with Gasteiger partial charge in [0.05, 0.1) is 5.41 Å². The van der Waals surface area contributed by atoms with Crippen molar-refractivity contribution in [2.75, 3.05) is 37.4 Å². The number of nitrogens with zero attached hydrogens (tertiary/aromatic N) is 1. The largest absolute Gasteiger partial charge is 0.377 e. The molecule has 1 atom stereocenters. The van der Waals surface area contributed by atoms with Gasteiger partial charge in [-0.25, -0.2) is 0 Å². The number of anilines is 2. The Kier molecular flexibility index (Phi) is 3.80. The van der Waals surface area contributed by atoms with Gasteiger partial charge in [-0.2, -0.15) is 0 Å². The molecule has 0 aliphatic carbocycles. The van der Waals surface area contributed by atoms with Crippen LogP contribution in [0.1, 0.15) is 18.9 Å². The summed E-state index contributed by atoms with van der Waals surface area (Å²) in [6.07, 6.45) is 0.894. The highest BCUT2D eigenvalue weighted by Gasteiger charge is 2.36. The fraction of sp³-hybridized carbons (Fsp3) is 0.533. The van der Waals surface area contributed by atoms with E-state index in [1.54, 1.807) is 0 Å². The van der Waals surface area contributed by atoms with E-state index >= 15 is 0 Å². The van der Waals surface area contributed by atoms with Crippen LogP contribution in [0.3, 0.4) is 0 Å². The van der Waals surface area contributed by atoms with Crippen LogP contribution >= 0.6 is 0 Å². The molecule has 0 spiro atoms. The third-order valence-corrected chi connectivity index (χ3v) is 3.87. The second-order valence-corrected chi connectivity index (χ2v) is 5.84. The summed E-state index contributed by atoms with van der Waals surface area (Å²) in [5.41, 5.74) is 2.92. The molecule has 1 aromatic carbocycles. The standard InChI is InChI=1S/C15H23N3O/c1-11-5-6-12(9-13(11)18(3)4)17-14(19)15(2)7-8-16-10-15/h5-6,9,16H,7-8,10H2,1-4H3,(H,17,19). The van der Waals surface area contributed by atoms with Gasteiger partial charge in [0.2, 0.25) is 5.91 Å². The molecule has 1 unspecified atom stereocenters. The fourth-order valence-electron chi connectivity index (χ4n) is 2.46. The number of carbonyl (C=O) groups is 1. The Bertz CT molecular complexity index is 476. The van der Waals surface area contributed by atoms with E-state index in [2.05, 4.69) is 22.5 Å². The lowest BCUT2D eigenvalue weighted by atomic mass is 9.88. The quantitative estimate of drug-likeness (QED) is 0.874. The summed E-state index contributed by atoms with van der Waals surface area (Å²) in [5, 5.41) is 6.29. The topological polar surface area (TPSA) is 44.4 Å². The minimum Gasteiger partial charge on any atom is -0.377 e. The molecule has 0 saturated carbocycles. The molecular formula is C15H23N3O. The van der Waals surface area contributed by atoms with Gasteiger partial charge < -0.3 is 15.5 Å². The summed E-state index contributed by atoms with van der Waals surface area (Å²) in [6, 6.07) is 6.03. The average molecular weight is 261 g/mol. The van der Waals surface area contributed by atoms with Gasteiger partial charge in [-0.1, -0.05) is 6.07 Å². The monoisotopic (exact) mass is 261 g/mol. The molecule has 1 fully saturated rings. The number of rotatable bonds is 3. The molecule has 2 N–H and O–H groups in total. The molecule has 1 aliphatic heterocycles. The van der Waals surface area contributed by atoms with Crippen LogP contribution in [-0.2, 0) is 4.79 Å². The second-order valence-electron chi connectivity index (χ2n) is 5.84. The Morgan fingerprint density at radius 2 is 2.16 bits per heavy atom. The van der Waals surface area contributed by atoms with Crippen LogP contribution in [0.5, 0.6) is 0 Å². The summed E-state index contributed by atoms with van der Waals surface area (Å²) in [5.74, 6) is 0.103. The minimum absolute atomic E-state index is 0.103. The number of hydrogen-bond acceptors (Lipinski definition) is 3. The maximum atomic E-state index is 12.3. The van der Waals surface area contributed by atoms with Crippen molar-refractivity contribution in [1.29, 1.82) is 0 Å². The van der Waals surface area contributed by atoms with Crippen molar-refractivity contribution in [3.63, 3.8) is 0 Å². The van der Waals surface area contributed by atoms with Gasteiger partial charge in [-0.15, -0.1) is 0 Å². The Balaban J connectivity index is 2.15. The van der Waals surface area contributed by atoms with Gasteiger partial charge in [0.15, 0.2) is 0 Å². The maximum Gasteiger partial charge on any atom is 0.231 e. The van der Waals surface area contributed by atoms with E-state index in [4.69, 9.17) is 0 Å². The molecule has 4 heteroatoms. The zero-order valence-electron chi connectivity index (χ0n) is 12.2. The Labute approximate surface area is 115 Å². The third-order valence-electron chi connectivity index (χ3n) is 3.87. The van der Waals surface area contributed by atoms with Crippen LogP contribution in [0.2, 0.25) is 0 Å². The maximum absolute atomic E-state index is 12.3. The Morgan fingerprint density at radius 1 is 1.42 bits per heavy atom. The first-order valence-electron chi connectivity index (χ1n) is 6.72. The molecular weight excluding hydrogens is 238 g/mol. The van der Waals surface area contributed by atoms with Crippen molar-refractivity contribution in [3.8, 4) is 0 Å². The zero-order chi connectivity index (χ0) is 14.0. The number of benzene rings is 1. The predicted molar refractivity (Wildman–Crippen MR) is 79.7 cm³/mol. The van der Waals surface area contributed by atoms with E-state index in [1.165, 1.54) is 5.56 Å². The van der Waals surface area contributed by atoms with E-state index in [9.17, 15) is 4.79 Å². The van der Waals surface area contributed by atoms with Crippen molar-refractivity contribution < 1.29 is 4.79 Å². The molecule has 0 bridgehead atoms. The predicted octanol–water partition coefficient (Wildman–Crippen LogP) is 2.00. The Morgan fingerprint density at radius 3 is 2.74 bits per heavy atom. The van der Waals surface area contributed by atoms with Crippen LogP contribution in [0, 0.1) is 12.3 Å². The number of hydrogen-bond donors (Lipinski definition) is 2. The summed E-state index contributed by atoms with van der Waals surface area (Å²) in [4.78, 5) is 14.4. The van der Waals surface area contributed by atoms with Gasteiger partial charge in [-0.05, 0) is 44.5 Å². The average Bonchev–Trinajstić information content (AvgIpc) is 2.79. The smallest absolute Gasteiger partial charge is 0.231 e. The lowest BCUT2D eigenvalue weighted by Crippen LogP contribution is -2.35. The van der Waals surface area contributed by atoms with E-state index in [-0.39, 0.29) is 11.3 Å². The molecule has 0 radical (unpaired) electrons. The lowest BCUT2D eigenvalue weighted by Gasteiger charge is -2.22. The highest BCUT2D eigenvalue weighted by molar-refractivity contribution is 5.96. The molecule has 1 saturated heterocycles. The number of aryl methyl sites for hydroxylation is 1. The summed E-state index contributed by atoms with van der Waals surface area (Å²) in [7, 11) is 4.02. The van der Waals surface area contributed by atoms with E-state index < -0.39 is 0 Å². The first-order chi connectivity index (χ1) is 8.92. The van der Waals surface area contributed by atoms with Crippen molar-refractivity contribution in [2.45, 2.75) is 20.3 Å². The van der Waals surface area contributed by atoms with Crippen LogP contribution < -0.4 is 15.5 Å². The van der Waals surface area contributed by atoms with Gasteiger partial charge in [0, 0.05) is 32.0 Å². The van der Waals surface area contributed by atoms with Gasteiger partial charge >= 0.3 is 0 Å². The van der Waals surface area contributed by atoms with Gasteiger partial charge in [0.25, 0.3) is 0 Å². The SMILES string of the molecule is Cc1ccc(NC(=O)C2(C)CCNC2)cc1N(C)C.